The van der Waals surface area contributed by atoms with E-state index in [4.69, 9.17) is 5.11 Å². The maximum Gasteiger partial charge on any atom is 0.353 e. The third kappa shape index (κ3) is 2.88. The number of carboxylic acid groups (broad SMARTS) is 1. The van der Waals surface area contributed by atoms with Gasteiger partial charge in [0.1, 0.15) is 11.5 Å². The molecule has 4 aromatic rings. The van der Waals surface area contributed by atoms with Crippen LogP contribution in [0.1, 0.15) is 21.9 Å². The lowest BCUT2D eigenvalue weighted by Gasteiger charge is -2.12. The number of imidazole rings is 1. The van der Waals surface area contributed by atoms with E-state index in [9.17, 15) is 19.5 Å². The minimum Gasteiger partial charge on any atom is -0.503 e. The number of aromatic hydroxyl groups is 1. The number of aromatic amines is 1. The van der Waals surface area contributed by atoms with Gasteiger partial charge in [0, 0.05) is 6.42 Å². The molecule has 0 aliphatic carbocycles. The lowest BCUT2D eigenvalue weighted by molar-refractivity contribution is 0.0691. The zero-order valence-electron chi connectivity index (χ0n) is 14.5. The number of nitrogens with one attached hydrogen (secondary N) is 1. The lowest BCUT2D eigenvalue weighted by atomic mass is 9.91. The fraction of sp³-hybridized carbons (Fsp3) is 0.0476. The molecule has 3 N–H and O–H groups in total. The fourth-order valence-electron chi connectivity index (χ4n) is 3.14. The second-order valence-corrected chi connectivity index (χ2v) is 6.35. The Hall–Kier alpha value is -4.00. The molecule has 7 heteroatoms. The first-order valence-corrected chi connectivity index (χ1v) is 8.44. The molecule has 0 radical (unpaired) electrons. The SMILES string of the molecule is O=C(O)c1cnc(Cc2ccc(-c3ccccc3-c3c(O)c(=O)c3=O)cc2)[nH]1. The van der Waals surface area contributed by atoms with Crippen molar-refractivity contribution in [2.45, 2.75) is 6.42 Å². The minimum atomic E-state index is -1.06. The standard InChI is InChI=1S/C21H14N2O5/c24-18-17(19(25)20(18)26)14-4-2-1-3-13(14)12-7-5-11(6-8-12)9-16-22-10-15(23-16)21(27)28/h1-8,10,24H,9H2,(H,22,23)(H,27,28). The molecule has 0 saturated heterocycles. The summed E-state index contributed by atoms with van der Waals surface area (Å²) in [5.41, 5.74) is 1.50. The number of aromatic nitrogens is 2. The van der Waals surface area contributed by atoms with E-state index in [0.29, 0.717) is 17.8 Å². The average molecular weight is 374 g/mol. The smallest absolute Gasteiger partial charge is 0.353 e. The predicted octanol–water partition coefficient (Wildman–Crippen LogP) is 2.33. The van der Waals surface area contributed by atoms with Crippen molar-refractivity contribution in [1.82, 2.24) is 9.97 Å². The van der Waals surface area contributed by atoms with E-state index in [1.165, 1.54) is 6.20 Å². The molecule has 0 unspecified atom stereocenters. The average Bonchev–Trinajstić information content (AvgIpc) is 3.18. The highest BCUT2D eigenvalue weighted by Gasteiger charge is 2.23. The zero-order chi connectivity index (χ0) is 19.8. The van der Waals surface area contributed by atoms with E-state index in [2.05, 4.69) is 9.97 Å². The van der Waals surface area contributed by atoms with E-state index >= 15 is 0 Å². The zero-order valence-corrected chi connectivity index (χ0v) is 14.5. The van der Waals surface area contributed by atoms with Gasteiger partial charge in [0.2, 0.25) is 5.43 Å². The quantitative estimate of drug-likeness (QED) is 0.461. The molecule has 0 atom stereocenters. The number of H-pyrrole nitrogens is 1. The third-order valence-electron chi connectivity index (χ3n) is 4.58. The normalized spacial score (nSPS) is 11.0. The van der Waals surface area contributed by atoms with Crippen LogP contribution < -0.4 is 10.9 Å². The summed E-state index contributed by atoms with van der Waals surface area (Å²) in [5.74, 6) is -1.02. The highest BCUT2D eigenvalue weighted by molar-refractivity contribution is 5.87. The van der Waals surface area contributed by atoms with Crippen LogP contribution >= 0.6 is 0 Å². The van der Waals surface area contributed by atoms with Crippen LogP contribution in [0.5, 0.6) is 5.75 Å². The Kier molecular flexibility index (Phi) is 4.12. The summed E-state index contributed by atoms with van der Waals surface area (Å²) in [5, 5.41) is 18.7. The van der Waals surface area contributed by atoms with Crippen LogP contribution in [-0.4, -0.2) is 26.2 Å². The summed E-state index contributed by atoms with van der Waals surface area (Å²) in [4.78, 5) is 40.9. The summed E-state index contributed by atoms with van der Waals surface area (Å²) < 4.78 is 0. The van der Waals surface area contributed by atoms with Crippen LogP contribution in [0.25, 0.3) is 22.3 Å². The number of carbonyl (C=O) groups is 1. The van der Waals surface area contributed by atoms with Gasteiger partial charge >= 0.3 is 5.97 Å². The number of aromatic carboxylic acids is 1. The number of hydrogen-bond acceptors (Lipinski definition) is 5. The molecule has 0 saturated carbocycles. The van der Waals surface area contributed by atoms with E-state index in [0.717, 1.165) is 16.7 Å². The summed E-state index contributed by atoms with van der Waals surface area (Å²) in [6.07, 6.45) is 1.72. The Bertz CT molecular complexity index is 1260. The molecule has 1 aromatic heterocycles. The van der Waals surface area contributed by atoms with Gasteiger partial charge in [-0.2, -0.15) is 0 Å². The third-order valence-corrected chi connectivity index (χ3v) is 4.58. The van der Waals surface area contributed by atoms with Crippen molar-refractivity contribution < 1.29 is 15.0 Å². The first kappa shape index (κ1) is 17.4. The molecule has 1 heterocycles. The summed E-state index contributed by atoms with van der Waals surface area (Å²) in [6, 6.07) is 14.5. The molecular formula is C21H14N2O5. The molecule has 4 rings (SSSR count). The van der Waals surface area contributed by atoms with Crippen molar-refractivity contribution in [1.29, 1.82) is 0 Å². The lowest BCUT2D eigenvalue weighted by Crippen LogP contribution is -2.31. The molecule has 0 aliphatic heterocycles. The first-order chi connectivity index (χ1) is 13.5. The van der Waals surface area contributed by atoms with Gasteiger partial charge in [-0.3, -0.25) is 9.59 Å². The molecule has 0 spiro atoms. The number of rotatable bonds is 5. The van der Waals surface area contributed by atoms with Gasteiger partial charge < -0.3 is 15.2 Å². The second-order valence-electron chi connectivity index (χ2n) is 6.35. The van der Waals surface area contributed by atoms with Crippen LogP contribution in [0.2, 0.25) is 0 Å². The van der Waals surface area contributed by atoms with Crippen LogP contribution in [0.3, 0.4) is 0 Å². The van der Waals surface area contributed by atoms with Gasteiger partial charge in [-0.05, 0) is 22.3 Å². The first-order valence-electron chi connectivity index (χ1n) is 8.44. The van der Waals surface area contributed by atoms with Crippen LogP contribution in [0, 0.1) is 0 Å². The molecule has 0 fully saturated rings. The molecule has 138 valence electrons. The van der Waals surface area contributed by atoms with E-state index in [-0.39, 0.29) is 11.3 Å². The van der Waals surface area contributed by atoms with Gasteiger partial charge in [0.15, 0.2) is 5.75 Å². The molecular weight excluding hydrogens is 360 g/mol. The van der Waals surface area contributed by atoms with Crippen molar-refractivity contribution in [3.05, 3.63) is 92.3 Å². The molecule has 0 amide bonds. The van der Waals surface area contributed by atoms with Crippen molar-refractivity contribution >= 4 is 5.97 Å². The fourth-order valence-corrected chi connectivity index (χ4v) is 3.14. The molecule has 3 aromatic carbocycles. The number of nitrogens with zero attached hydrogens (tertiary/aromatic N) is 1. The molecule has 0 bridgehead atoms. The van der Waals surface area contributed by atoms with Crippen molar-refractivity contribution in [3.8, 4) is 28.0 Å². The van der Waals surface area contributed by atoms with E-state index in [1.54, 1.807) is 12.1 Å². The predicted molar refractivity (Wildman–Crippen MR) is 102 cm³/mol. The van der Waals surface area contributed by atoms with Gasteiger partial charge in [0.05, 0.1) is 11.8 Å². The largest absolute Gasteiger partial charge is 0.503 e. The monoisotopic (exact) mass is 374 g/mol. The maximum absolute atomic E-state index is 11.8. The highest BCUT2D eigenvalue weighted by Crippen LogP contribution is 2.34. The van der Waals surface area contributed by atoms with Gasteiger partial charge in [-0.15, -0.1) is 0 Å². The topological polar surface area (TPSA) is 120 Å². The Morgan fingerprint density at radius 2 is 1.64 bits per heavy atom. The van der Waals surface area contributed by atoms with Crippen LogP contribution in [0.15, 0.2) is 64.3 Å². The van der Waals surface area contributed by atoms with Gasteiger partial charge in [-0.1, -0.05) is 48.5 Å². The number of carboxylic acids is 1. The Balaban J connectivity index is 1.64. The van der Waals surface area contributed by atoms with Crippen molar-refractivity contribution in [3.63, 3.8) is 0 Å². The minimum absolute atomic E-state index is 0.0355. The summed E-state index contributed by atoms with van der Waals surface area (Å²) in [6.45, 7) is 0. The molecule has 7 nitrogen and oxygen atoms in total. The second kappa shape index (κ2) is 6.62. The Morgan fingerprint density at radius 1 is 0.964 bits per heavy atom. The summed E-state index contributed by atoms with van der Waals surface area (Å²) in [7, 11) is 0. The number of hydrogen-bond donors (Lipinski definition) is 3. The van der Waals surface area contributed by atoms with Gasteiger partial charge in [-0.25, -0.2) is 9.78 Å². The molecule has 28 heavy (non-hydrogen) atoms. The highest BCUT2D eigenvalue weighted by atomic mass is 16.4. The van der Waals surface area contributed by atoms with Gasteiger partial charge in [0.25, 0.3) is 5.43 Å². The Morgan fingerprint density at radius 3 is 2.25 bits per heavy atom. The summed E-state index contributed by atoms with van der Waals surface area (Å²) >= 11 is 0. The number of benzene rings is 2. The van der Waals surface area contributed by atoms with Crippen LogP contribution in [-0.2, 0) is 6.42 Å². The molecule has 0 aliphatic rings. The van der Waals surface area contributed by atoms with E-state index < -0.39 is 22.6 Å². The maximum atomic E-state index is 11.8. The van der Waals surface area contributed by atoms with Crippen molar-refractivity contribution in [2.24, 2.45) is 0 Å². The Labute approximate surface area is 158 Å². The van der Waals surface area contributed by atoms with Crippen molar-refractivity contribution in [2.75, 3.05) is 0 Å². The van der Waals surface area contributed by atoms with E-state index in [1.807, 2.05) is 36.4 Å². The van der Waals surface area contributed by atoms with Crippen LogP contribution in [0.4, 0.5) is 0 Å².